The number of carbonyl (C=O) groups is 1. The Morgan fingerprint density at radius 1 is 0.967 bits per heavy atom. The molecule has 2 heterocycles. The molecule has 1 amide bonds. The summed E-state index contributed by atoms with van der Waals surface area (Å²) in [6, 6.07) is 21.4. The first-order valence-corrected chi connectivity index (χ1v) is 10.7. The van der Waals surface area contributed by atoms with Gasteiger partial charge in [-0.25, -0.2) is 4.98 Å². The second-order valence-electron chi connectivity index (χ2n) is 6.91. The Hall–Kier alpha value is -3.35. The molecule has 30 heavy (non-hydrogen) atoms. The number of carbonyl (C=O) groups excluding carboxylic acids is 1. The van der Waals surface area contributed by atoms with Crippen molar-refractivity contribution in [2.24, 2.45) is 0 Å². The van der Waals surface area contributed by atoms with Crippen LogP contribution in [0.25, 0.3) is 11.1 Å². The van der Waals surface area contributed by atoms with Crippen molar-refractivity contribution in [3.8, 4) is 11.1 Å². The molecule has 2 aromatic carbocycles. The van der Waals surface area contributed by atoms with Crippen LogP contribution in [0.5, 0.6) is 0 Å². The summed E-state index contributed by atoms with van der Waals surface area (Å²) in [6.45, 7) is 0.547. The number of nitrogens with one attached hydrogen (secondary N) is 2. The topological polar surface area (TPSA) is 66.9 Å². The molecule has 0 bridgehead atoms. The predicted molar refractivity (Wildman–Crippen MR) is 121 cm³/mol. The predicted octanol–water partition coefficient (Wildman–Crippen LogP) is 4.54. The summed E-state index contributed by atoms with van der Waals surface area (Å²) < 4.78 is 0. The summed E-state index contributed by atoms with van der Waals surface area (Å²) in [5.41, 5.74) is 6.70. The minimum atomic E-state index is -0.376. The largest absolute Gasteiger partial charge is 0.325 e. The molecule has 0 saturated carbocycles. The molecule has 2 N–H and O–H groups in total. The van der Waals surface area contributed by atoms with Crippen LogP contribution in [-0.2, 0) is 17.8 Å². The van der Waals surface area contributed by atoms with Gasteiger partial charge in [0.1, 0.15) is 0 Å². The van der Waals surface area contributed by atoms with Crippen molar-refractivity contribution >= 4 is 22.9 Å². The van der Waals surface area contributed by atoms with E-state index in [1.54, 1.807) is 29.2 Å². The fourth-order valence-electron chi connectivity index (χ4n) is 3.21. The molecule has 0 fully saturated rings. The molecular formula is C24H22N4OS. The Morgan fingerprint density at radius 2 is 1.80 bits per heavy atom. The van der Waals surface area contributed by atoms with E-state index in [1.165, 1.54) is 0 Å². The van der Waals surface area contributed by atoms with Gasteiger partial charge in [-0.15, -0.1) is 11.3 Å². The molecule has 5 nitrogen and oxygen atoms in total. The highest BCUT2D eigenvalue weighted by Crippen LogP contribution is 2.22. The third-order valence-electron chi connectivity index (χ3n) is 4.76. The average Bonchev–Trinajstić information content (AvgIpc) is 3.32. The van der Waals surface area contributed by atoms with E-state index >= 15 is 0 Å². The number of aromatic nitrogens is 2. The summed E-state index contributed by atoms with van der Waals surface area (Å²) in [5.74, 6) is -0.0686. The zero-order chi connectivity index (χ0) is 20.6. The second kappa shape index (κ2) is 9.91. The zero-order valence-corrected chi connectivity index (χ0v) is 17.2. The lowest BCUT2D eigenvalue weighted by molar-refractivity contribution is -0.118. The van der Waals surface area contributed by atoms with Gasteiger partial charge in [-0.2, -0.15) is 0 Å². The lowest BCUT2D eigenvalue weighted by atomic mass is 10.0. The first kappa shape index (κ1) is 19.9. The Morgan fingerprint density at radius 3 is 2.57 bits per heavy atom. The molecule has 150 valence electrons. The highest BCUT2D eigenvalue weighted by molar-refractivity contribution is 7.07. The van der Waals surface area contributed by atoms with Gasteiger partial charge < -0.3 is 5.32 Å². The lowest BCUT2D eigenvalue weighted by Gasteiger charge is -2.18. The summed E-state index contributed by atoms with van der Waals surface area (Å²) in [7, 11) is 0. The lowest BCUT2D eigenvalue weighted by Crippen LogP contribution is -2.41. The normalized spacial score (nSPS) is 11.7. The fraction of sp³-hybridized carbons (Fsp3) is 0.125. The van der Waals surface area contributed by atoms with Crippen molar-refractivity contribution in [2.75, 3.05) is 5.32 Å². The van der Waals surface area contributed by atoms with Crippen LogP contribution in [0, 0.1) is 0 Å². The summed E-state index contributed by atoms with van der Waals surface area (Å²) >= 11 is 1.55. The Balaban J connectivity index is 1.49. The molecule has 0 aliphatic carbocycles. The smallest absolute Gasteiger partial charge is 0.241 e. The van der Waals surface area contributed by atoms with Gasteiger partial charge in [-0.05, 0) is 47.4 Å². The van der Waals surface area contributed by atoms with E-state index < -0.39 is 0 Å². The van der Waals surface area contributed by atoms with Crippen molar-refractivity contribution in [2.45, 2.75) is 19.0 Å². The molecule has 0 saturated heterocycles. The Bertz CT molecular complexity index is 1070. The first-order valence-electron chi connectivity index (χ1n) is 9.73. The van der Waals surface area contributed by atoms with Gasteiger partial charge in [0.15, 0.2) is 0 Å². The number of rotatable bonds is 8. The Labute approximate surface area is 179 Å². The van der Waals surface area contributed by atoms with Gasteiger partial charge in [-0.3, -0.25) is 15.1 Å². The van der Waals surface area contributed by atoms with Crippen LogP contribution in [0.1, 0.15) is 11.3 Å². The van der Waals surface area contributed by atoms with E-state index in [-0.39, 0.29) is 11.9 Å². The number of thiazole rings is 1. The first-order chi connectivity index (χ1) is 14.8. The fourth-order valence-corrected chi connectivity index (χ4v) is 3.77. The average molecular weight is 415 g/mol. The molecule has 0 aliphatic heterocycles. The number of amides is 1. The second-order valence-corrected chi connectivity index (χ2v) is 7.63. The van der Waals surface area contributed by atoms with Crippen molar-refractivity contribution in [1.29, 1.82) is 0 Å². The van der Waals surface area contributed by atoms with Gasteiger partial charge in [0, 0.05) is 30.0 Å². The van der Waals surface area contributed by atoms with Crippen LogP contribution in [0.4, 0.5) is 5.69 Å². The number of pyridine rings is 1. The monoisotopic (exact) mass is 414 g/mol. The standard InChI is InChI=1S/C24H22N4OS/c29-24(28-21-8-4-7-20(14-21)19-9-11-25-12-10-19)23(13-18-5-2-1-3-6-18)26-15-22-16-30-17-27-22/h1-12,14,16-17,23,26H,13,15H2,(H,28,29)/t23-/m1/s1. The van der Waals surface area contributed by atoms with E-state index in [1.807, 2.05) is 72.1 Å². The van der Waals surface area contributed by atoms with Crippen LogP contribution in [0.3, 0.4) is 0 Å². The maximum atomic E-state index is 13.1. The number of anilines is 1. The van der Waals surface area contributed by atoms with E-state index in [0.29, 0.717) is 13.0 Å². The van der Waals surface area contributed by atoms with Crippen molar-refractivity contribution < 1.29 is 4.79 Å². The number of benzene rings is 2. The molecule has 4 rings (SSSR count). The van der Waals surface area contributed by atoms with Crippen molar-refractivity contribution in [3.63, 3.8) is 0 Å². The van der Waals surface area contributed by atoms with E-state index in [2.05, 4.69) is 20.6 Å². The molecule has 6 heteroatoms. The van der Waals surface area contributed by atoms with E-state index in [9.17, 15) is 4.79 Å². The third-order valence-corrected chi connectivity index (χ3v) is 5.39. The van der Waals surface area contributed by atoms with Crippen LogP contribution < -0.4 is 10.6 Å². The van der Waals surface area contributed by atoms with Crippen LogP contribution in [-0.4, -0.2) is 21.9 Å². The van der Waals surface area contributed by atoms with E-state index in [0.717, 1.165) is 28.1 Å². The van der Waals surface area contributed by atoms with Crippen molar-refractivity contribution in [3.05, 3.63) is 101 Å². The third kappa shape index (κ3) is 5.37. The maximum Gasteiger partial charge on any atom is 0.241 e. The number of hydrogen-bond donors (Lipinski definition) is 2. The van der Waals surface area contributed by atoms with Gasteiger partial charge >= 0.3 is 0 Å². The minimum absolute atomic E-state index is 0.0686. The van der Waals surface area contributed by atoms with Gasteiger partial charge in [0.2, 0.25) is 5.91 Å². The SMILES string of the molecule is O=C(Nc1cccc(-c2ccncc2)c1)[C@@H](Cc1ccccc1)NCc1cscn1. The minimum Gasteiger partial charge on any atom is -0.325 e. The molecular weight excluding hydrogens is 392 g/mol. The highest BCUT2D eigenvalue weighted by Gasteiger charge is 2.19. The quantitative estimate of drug-likeness (QED) is 0.444. The van der Waals surface area contributed by atoms with Crippen LogP contribution in [0.15, 0.2) is 90.0 Å². The van der Waals surface area contributed by atoms with Gasteiger partial charge in [-0.1, -0.05) is 42.5 Å². The highest BCUT2D eigenvalue weighted by atomic mass is 32.1. The molecule has 1 atom stereocenters. The summed E-state index contributed by atoms with van der Waals surface area (Å²) in [4.78, 5) is 21.5. The number of hydrogen-bond acceptors (Lipinski definition) is 5. The summed E-state index contributed by atoms with van der Waals surface area (Å²) in [5, 5.41) is 8.42. The summed E-state index contributed by atoms with van der Waals surface area (Å²) in [6.07, 6.45) is 4.12. The molecule has 2 aromatic heterocycles. The van der Waals surface area contributed by atoms with Crippen LogP contribution >= 0.6 is 11.3 Å². The zero-order valence-electron chi connectivity index (χ0n) is 16.4. The van der Waals surface area contributed by atoms with Gasteiger partial charge in [0.05, 0.1) is 17.2 Å². The van der Waals surface area contributed by atoms with Gasteiger partial charge in [0.25, 0.3) is 0 Å². The molecule has 0 radical (unpaired) electrons. The Kier molecular flexibility index (Phi) is 6.59. The number of nitrogens with zero attached hydrogens (tertiary/aromatic N) is 2. The molecule has 0 unspecified atom stereocenters. The molecule has 0 spiro atoms. The molecule has 0 aliphatic rings. The van der Waals surface area contributed by atoms with E-state index in [4.69, 9.17) is 0 Å². The molecule has 4 aromatic rings. The van der Waals surface area contributed by atoms with Crippen LogP contribution in [0.2, 0.25) is 0 Å². The maximum absolute atomic E-state index is 13.1. The van der Waals surface area contributed by atoms with Crippen molar-refractivity contribution in [1.82, 2.24) is 15.3 Å².